The van der Waals surface area contributed by atoms with Gasteiger partial charge in [-0.1, -0.05) is 32.0 Å². The van der Waals surface area contributed by atoms with Gasteiger partial charge in [-0.15, -0.1) is 0 Å². The van der Waals surface area contributed by atoms with Gasteiger partial charge in [-0.3, -0.25) is 9.69 Å². The quantitative estimate of drug-likeness (QED) is 0.592. The minimum Gasteiger partial charge on any atom is -0.464 e. The molecule has 152 valence electrons. The van der Waals surface area contributed by atoms with E-state index in [0.29, 0.717) is 12.3 Å². The lowest BCUT2D eigenvalue weighted by atomic mass is 9.95. The normalized spacial score (nSPS) is 14.8. The Bertz CT molecular complexity index is 1010. The number of likely N-dealkylation sites (tertiary alicyclic amines) is 1. The molecule has 1 aromatic heterocycles. The molecule has 0 unspecified atom stereocenters. The molecule has 0 radical (unpaired) electrons. The molecule has 1 aliphatic heterocycles. The number of hydrogen-bond donors (Lipinski definition) is 1. The van der Waals surface area contributed by atoms with Crippen molar-refractivity contribution >= 4 is 22.6 Å². The molecule has 2 aromatic carbocycles. The molecule has 0 bridgehead atoms. The van der Waals surface area contributed by atoms with E-state index in [0.717, 1.165) is 41.9 Å². The van der Waals surface area contributed by atoms with Crippen LogP contribution in [-0.4, -0.2) is 23.9 Å². The van der Waals surface area contributed by atoms with E-state index in [-0.39, 0.29) is 5.91 Å². The van der Waals surface area contributed by atoms with E-state index in [1.165, 1.54) is 29.5 Å². The van der Waals surface area contributed by atoms with Crippen molar-refractivity contribution in [3.8, 4) is 0 Å². The number of furan rings is 1. The summed E-state index contributed by atoms with van der Waals surface area (Å²) < 4.78 is 5.74. The van der Waals surface area contributed by atoms with Gasteiger partial charge in [0, 0.05) is 23.2 Å². The summed E-state index contributed by atoms with van der Waals surface area (Å²) in [5.74, 6) is 0.432. The van der Waals surface area contributed by atoms with Gasteiger partial charge >= 0.3 is 0 Å². The second-order valence-corrected chi connectivity index (χ2v) is 8.49. The highest BCUT2D eigenvalue weighted by Crippen LogP contribution is 2.29. The molecule has 1 fully saturated rings. The van der Waals surface area contributed by atoms with Gasteiger partial charge in [-0.25, -0.2) is 0 Å². The summed E-state index contributed by atoms with van der Waals surface area (Å²) >= 11 is 0. The number of rotatable bonds is 6. The number of anilines is 1. The van der Waals surface area contributed by atoms with Crippen molar-refractivity contribution < 1.29 is 9.21 Å². The number of carbonyl (C=O) groups excluding carboxylic acids is 1. The van der Waals surface area contributed by atoms with Crippen LogP contribution in [-0.2, 0) is 17.8 Å². The molecule has 1 N–H and O–H groups in total. The van der Waals surface area contributed by atoms with Gasteiger partial charge in [0.25, 0.3) is 0 Å². The van der Waals surface area contributed by atoms with Crippen LogP contribution in [0.3, 0.4) is 0 Å². The Balaban J connectivity index is 1.51. The number of aryl methyl sites for hydroxylation is 1. The lowest BCUT2D eigenvalue weighted by molar-refractivity contribution is -0.115. The number of amides is 1. The molecule has 29 heavy (non-hydrogen) atoms. The summed E-state index contributed by atoms with van der Waals surface area (Å²) in [5.41, 5.74) is 6.42. The Morgan fingerprint density at radius 1 is 1.14 bits per heavy atom. The summed E-state index contributed by atoms with van der Waals surface area (Å²) in [4.78, 5) is 15.3. The predicted octanol–water partition coefficient (Wildman–Crippen LogP) is 5.64. The number of nitrogens with zero attached hydrogens (tertiary/aromatic N) is 1. The van der Waals surface area contributed by atoms with E-state index in [1.807, 2.05) is 18.2 Å². The van der Waals surface area contributed by atoms with E-state index >= 15 is 0 Å². The van der Waals surface area contributed by atoms with Gasteiger partial charge in [-0.05, 0) is 73.7 Å². The van der Waals surface area contributed by atoms with Crippen molar-refractivity contribution in [2.24, 2.45) is 0 Å². The standard InChI is InChI=1S/C25H30N2O2/c1-17(2)21-14-22-20(16-29-24(22)12-18(21)3)13-25(28)26-23-9-5-4-8-19(23)15-27-10-6-7-11-27/h4-5,8-9,12,14,16-17H,6-7,10-11,13,15H2,1-3H3,(H,26,28). The Morgan fingerprint density at radius 2 is 1.90 bits per heavy atom. The molecule has 0 atom stereocenters. The molecule has 4 heteroatoms. The smallest absolute Gasteiger partial charge is 0.228 e. The SMILES string of the molecule is Cc1cc2occ(CC(=O)Nc3ccccc3CN3CCCC3)c2cc1C(C)C. The first-order chi connectivity index (χ1) is 14.0. The monoisotopic (exact) mass is 390 g/mol. The zero-order chi connectivity index (χ0) is 20.4. The van der Waals surface area contributed by atoms with Crippen molar-refractivity contribution in [1.29, 1.82) is 0 Å². The molecule has 4 nitrogen and oxygen atoms in total. The first-order valence-corrected chi connectivity index (χ1v) is 10.6. The minimum absolute atomic E-state index is 0.00626. The van der Waals surface area contributed by atoms with Crippen LogP contribution in [0.15, 0.2) is 47.1 Å². The van der Waals surface area contributed by atoms with Gasteiger partial charge in [0.2, 0.25) is 5.91 Å². The Hall–Kier alpha value is -2.59. The Kier molecular flexibility index (Phi) is 5.72. The fourth-order valence-corrected chi connectivity index (χ4v) is 4.33. The molecule has 1 amide bonds. The van der Waals surface area contributed by atoms with Crippen molar-refractivity contribution in [3.05, 3.63) is 64.9 Å². The number of para-hydroxylation sites is 1. The molecule has 0 aliphatic carbocycles. The van der Waals surface area contributed by atoms with Crippen molar-refractivity contribution in [3.63, 3.8) is 0 Å². The second-order valence-electron chi connectivity index (χ2n) is 8.49. The van der Waals surface area contributed by atoms with E-state index < -0.39 is 0 Å². The van der Waals surface area contributed by atoms with E-state index in [4.69, 9.17) is 4.42 Å². The highest BCUT2D eigenvalue weighted by atomic mass is 16.3. The third kappa shape index (κ3) is 4.38. The summed E-state index contributed by atoms with van der Waals surface area (Å²) in [6.45, 7) is 9.67. The third-order valence-corrected chi connectivity index (χ3v) is 5.90. The lowest BCUT2D eigenvalue weighted by Gasteiger charge is -2.17. The summed E-state index contributed by atoms with van der Waals surface area (Å²) in [6.07, 6.45) is 4.56. The molecule has 3 aromatic rings. The number of fused-ring (bicyclic) bond motifs is 1. The van der Waals surface area contributed by atoms with Gasteiger partial charge in [-0.2, -0.15) is 0 Å². The summed E-state index contributed by atoms with van der Waals surface area (Å²) in [7, 11) is 0. The molecule has 0 saturated carbocycles. The molecular formula is C25H30N2O2. The number of carbonyl (C=O) groups is 1. The van der Waals surface area contributed by atoms with Crippen molar-refractivity contribution in [1.82, 2.24) is 4.90 Å². The number of nitrogens with one attached hydrogen (secondary N) is 1. The maximum absolute atomic E-state index is 12.8. The fraction of sp³-hybridized carbons (Fsp3) is 0.400. The maximum atomic E-state index is 12.8. The molecule has 0 spiro atoms. The highest BCUT2D eigenvalue weighted by Gasteiger charge is 2.17. The van der Waals surface area contributed by atoms with Gasteiger partial charge in [0.05, 0.1) is 12.7 Å². The number of hydrogen-bond acceptors (Lipinski definition) is 3. The largest absolute Gasteiger partial charge is 0.464 e. The maximum Gasteiger partial charge on any atom is 0.228 e. The average Bonchev–Trinajstić information content (AvgIpc) is 3.32. The van der Waals surface area contributed by atoms with Crippen LogP contribution in [0.5, 0.6) is 0 Å². The van der Waals surface area contributed by atoms with E-state index in [1.54, 1.807) is 6.26 Å². The van der Waals surface area contributed by atoms with Crippen LogP contribution in [0, 0.1) is 6.92 Å². The van der Waals surface area contributed by atoms with Crippen LogP contribution in [0.1, 0.15) is 54.9 Å². The van der Waals surface area contributed by atoms with Crippen LogP contribution in [0.25, 0.3) is 11.0 Å². The Morgan fingerprint density at radius 3 is 2.66 bits per heavy atom. The zero-order valence-electron chi connectivity index (χ0n) is 17.6. The molecule has 2 heterocycles. The van der Waals surface area contributed by atoms with Gasteiger partial charge in [0.1, 0.15) is 5.58 Å². The fourth-order valence-electron chi connectivity index (χ4n) is 4.33. The van der Waals surface area contributed by atoms with Crippen molar-refractivity contribution in [2.45, 2.75) is 52.5 Å². The predicted molar refractivity (Wildman–Crippen MR) is 118 cm³/mol. The second kappa shape index (κ2) is 8.42. The minimum atomic E-state index is -0.00626. The van der Waals surface area contributed by atoms with Crippen LogP contribution in [0.4, 0.5) is 5.69 Å². The van der Waals surface area contributed by atoms with E-state index in [9.17, 15) is 4.79 Å². The van der Waals surface area contributed by atoms with Crippen LogP contribution >= 0.6 is 0 Å². The first-order valence-electron chi connectivity index (χ1n) is 10.6. The zero-order valence-corrected chi connectivity index (χ0v) is 17.6. The first kappa shape index (κ1) is 19.7. The summed E-state index contributed by atoms with van der Waals surface area (Å²) in [6, 6.07) is 12.4. The van der Waals surface area contributed by atoms with E-state index in [2.05, 4.69) is 49.2 Å². The molecule has 1 saturated heterocycles. The summed E-state index contributed by atoms with van der Waals surface area (Å²) in [5, 5.41) is 4.17. The van der Waals surface area contributed by atoms with Crippen molar-refractivity contribution in [2.75, 3.05) is 18.4 Å². The van der Waals surface area contributed by atoms with Crippen LogP contribution in [0.2, 0.25) is 0 Å². The molecule has 4 rings (SSSR count). The average molecular weight is 391 g/mol. The molecule has 1 aliphatic rings. The number of benzene rings is 2. The van der Waals surface area contributed by atoms with Gasteiger partial charge < -0.3 is 9.73 Å². The van der Waals surface area contributed by atoms with Crippen LogP contribution < -0.4 is 5.32 Å². The third-order valence-electron chi connectivity index (χ3n) is 5.90. The Labute approximate surface area is 172 Å². The lowest BCUT2D eigenvalue weighted by Crippen LogP contribution is -2.21. The highest BCUT2D eigenvalue weighted by molar-refractivity contribution is 5.96. The molecular weight excluding hydrogens is 360 g/mol. The topological polar surface area (TPSA) is 45.5 Å². The van der Waals surface area contributed by atoms with Gasteiger partial charge in [0.15, 0.2) is 0 Å².